The summed E-state index contributed by atoms with van der Waals surface area (Å²) in [6.45, 7) is 2.14. The molecule has 0 rings (SSSR count). The van der Waals surface area contributed by atoms with Crippen molar-refractivity contribution in [1.29, 1.82) is 0 Å². The lowest BCUT2D eigenvalue weighted by atomic mass is 10.7. The van der Waals surface area contributed by atoms with E-state index in [1.54, 1.807) is 6.92 Å². The Kier molecular flexibility index (Phi) is 8.30. The summed E-state index contributed by atoms with van der Waals surface area (Å²) >= 11 is 0. The Morgan fingerprint density at radius 3 is 2.38 bits per heavy atom. The molecule has 0 fully saturated rings. The highest BCUT2D eigenvalue weighted by Crippen LogP contribution is 1.69. The van der Waals surface area contributed by atoms with Crippen LogP contribution in [0.1, 0.15) is 6.92 Å². The van der Waals surface area contributed by atoms with Crippen molar-refractivity contribution in [2.45, 2.75) is 6.92 Å². The maximum Gasteiger partial charge on any atom is 0.319 e. The van der Waals surface area contributed by atoms with Crippen LogP contribution >= 0.6 is 0 Å². The number of rotatable bonds is 2. The smallest absolute Gasteiger partial charge is 0.319 e. The van der Waals surface area contributed by atoms with Crippen LogP contribution in [0, 0.1) is 0 Å². The third-order valence-electron chi connectivity index (χ3n) is 0.472. The first-order valence-corrected chi connectivity index (χ1v) is 2.17. The zero-order chi connectivity index (χ0) is 5.70. The second kappa shape index (κ2) is 6.39. The highest BCUT2D eigenvalue weighted by Gasteiger charge is 1.91. The van der Waals surface area contributed by atoms with Gasteiger partial charge in [-0.1, -0.05) is 0 Å². The van der Waals surface area contributed by atoms with Crippen molar-refractivity contribution in [3.63, 3.8) is 0 Å². The van der Waals surface area contributed by atoms with Crippen molar-refractivity contribution in [2.24, 2.45) is 5.73 Å². The molecule has 0 heterocycles. The molecule has 0 saturated heterocycles. The highest BCUT2D eigenvalue weighted by atomic mass is 16.5. The zero-order valence-corrected chi connectivity index (χ0v) is 4.81. The Labute approximate surface area is 47.9 Å². The molecule has 0 amide bonds. The van der Waals surface area contributed by atoms with E-state index in [1.807, 2.05) is 0 Å². The van der Waals surface area contributed by atoms with Gasteiger partial charge in [0.05, 0.1) is 13.2 Å². The summed E-state index contributed by atoms with van der Waals surface area (Å²) < 4.78 is 4.43. The Balaban J connectivity index is 0. The van der Waals surface area contributed by atoms with Gasteiger partial charge in [-0.15, -0.1) is 0 Å². The maximum atomic E-state index is 10.1. The number of nitrogens with two attached hydrogens (primary N) is 1. The van der Waals surface area contributed by atoms with Gasteiger partial charge in [0, 0.05) is 0 Å². The van der Waals surface area contributed by atoms with E-state index >= 15 is 0 Å². The second-order valence-corrected chi connectivity index (χ2v) is 1.01. The minimum atomic E-state index is -0.345. The van der Waals surface area contributed by atoms with Crippen molar-refractivity contribution in [3.8, 4) is 0 Å². The van der Waals surface area contributed by atoms with Crippen molar-refractivity contribution in [2.75, 3.05) is 13.2 Å². The van der Waals surface area contributed by atoms with Crippen LogP contribution in [0.25, 0.3) is 0 Å². The van der Waals surface area contributed by atoms with Crippen LogP contribution in [0.4, 0.5) is 0 Å². The molecular weight excluding hydrogens is 110 g/mol. The monoisotopic (exact) mass is 121 g/mol. The summed E-state index contributed by atoms with van der Waals surface area (Å²) in [6.07, 6.45) is 0. The fraction of sp³-hybridized carbons (Fsp3) is 0.750. The van der Waals surface area contributed by atoms with E-state index in [0.717, 1.165) is 0 Å². The van der Waals surface area contributed by atoms with Gasteiger partial charge >= 0.3 is 5.97 Å². The Morgan fingerprint density at radius 1 is 1.75 bits per heavy atom. The lowest BCUT2D eigenvalue weighted by Crippen LogP contribution is -2.16. The lowest BCUT2D eigenvalue weighted by molar-refractivity contribution is -0.141. The van der Waals surface area contributed by atoms with Crippen LogP contribution < -0.4 is 5.73 Å². The number of hydrogen-bond acceptors (Lipinski definition) is 3. The average molecular weight is 121 g/mol. The lowest BCUT2D eigenvalue weighted by Gasteiger charge is -1.93. The zero-order valence-electron chi connectivity index (χ0n) is 4.81. The van der Waals surface area contributed by atoms with Gasteiger partial charge in [0.2, 0.25) is 0 Å². The van der Waals surface area contributed by atoms with E-state index in [4.69, 9.17) is 5.73 Å². The van der Waals surface area contributed by atoms with Crippen LogP contribution in [0.2, 0.25) is 0 Å². The molecule has 0 spiro atoms. The van der Waals surface area contributed by atoms with Gasteiger partial charge in [0.25, 0.3) is 0 Å². The van der Waals surface area contributed by atoms with Crippen LogP contribution in [-0.4, -0.2) is 24.6 Å². The molecule has 0 aliphatic heterocycles. The molecule has 0 aromatic rings. The Bertz CT molecular complexity index is 64.3. The van der Waals surface area contributed by atoms with Crippen LogP contribution in [0.5, 0.6) is 0 Å². The molecular formula is C4H11NO3. The molecule has 0 saturated carbocycles. The number of hydrogen-bond donors (Lipinski definition) is 1. The topological polar surface area (TPSA) is 83.8 Å². The number of carbonyl (C=O) groups excluding carboxylic acids is 1. The molecule has 0 unspecified atom stereocenters. The Morgan fingerprint density at radius 2 is 2.25 bits per heavy atom. The van der Waals surface area contributed by atoms with Gasteiger partial charge in [-0.05, 0) is 6.92 Å². The fourth-order valence-electron chi connectivity index (χ4n) is 0.220. The number of esters is 1. The maximum absolute atomic E-state index is 10.1. The minimum absolute atomic E-state index is 0. The third-order valence-corrected chi connectivity index (χ3v) is 0.472. The van der Waals surface area contributed by atoms with E-state index < -0.39 is 0 Å². The summed E-state index contributed by atoms with van der Waals surface area (Å²) in [5.41, 5.74) is 4.88. The second-order valence-electron chi connectivity index (χ2n) is 1.01. The van der Waals surface area contributed by atoms with E-state index in [9.17, 15) is 4.79 Å². The largest absolute Gasteiger partial charge is 0.465 e. The molecule has 0 aliphatic rings. The molecule has 8 heavy (non-hydrogen) atoms. The van der Waals surface area contributed by atoms with Crippen molar-refractivity contribution < 1.29 is 15.0 Å². The summed E-state index contributed by atoms with van der Waals surface area (Å²) in [5, 5.41) is 0. The summed E-state index contributed by atoms with van der Waals surface area (Å²) in [7, 11) is 0. The fourth-order valence-corrected chi connectivity index (χ4v) is 0.220. The summed E-state index contributed by atoms with van der Waals surface area (Å²) in [5.74, 6) is -0.345. The van der Waals surface area contributed by atoms with Gasteiger partial charge in [-0.3, -0.25) is 4.79 Å². The minimum Gasteiger partial charge on any atom is -0.465 e. The van der Waals surface area contributed by atoms with Gasteiger partial charge in [0.15, 0.2) is 0 Å². The highest BCUT2D eigenvalue weighted by molar-refractivity contribution is 5.71. The van der Waals surface area contributed by atoms with Gasteiger partial charge in [-0.2, -0.15) is 0 Å². The summed E-state index contributed by atoms with van der Waals surface area (Å²) in [6, 6.07) is 0. The number of ether oxygens (including phenoxy) is 1. The summed E-state index contributed by atoms with van der Waals surface area (Å²) in [4.78, 5) is 10.1. The third kappa shape index (κ3) is 5.39. The molecule has 0 aliphatic carbocycles. The molecule has 0 aromatic heterocycles. The predicted molar refractivity (Wildman–Crippen MR) is 29.3 cm³/mol. The SMILES string of the molecule is CCOC(=O)CN.O. The number of carbonyl (C=O) groups is 1. The van der Waals surface area contributed by atoms with E-state index in [2.05, 4.69) is 4.74 Å². The quantitative estimate of drug-likeness (QED) is 0.460. The molecule has 0 aromatic carbocycles. The van der Waals surface area contributed by atoms with Crippen molar-refractivity contribution in [1.82, 2.24) is 0 Å². The van der Waals surface area contributed by atoms with Gasteiger partial charge < -0.3 is 15.9 Å². The average Bonchev–Trinajstić information content (AvgIpc) is 1.68. The molecule has 4 heteroatoms. The first-order valence-electron chi connectivity index (χ1n) is 2.17. The first-order chi connectivity index (χ1) is 3.31. The molecule has 0 bridgehead atoms. The normalized spacial score (nSPS) is 7.25. The molecule has 50 valence electrons. The van der Waals surface area contributed by atoms with Crippen LogP contribution in [-0.2, 0) is 9.53 Å². The van der Waals surface area contributed by atoms with Crippen LogP contribution in [0.15, 0.2) is 0 Å². The van der Waals surface area contributed by atoms with Gasteiger partial charge in [0.1, 0.15) is 0 Å². The molecule has 4 nitrogen and oxygen atoms in total. The van der Waals surface area contributed by atoms with Crippen molar-refractivity contribution >= 4 is 5.97 Å². The van der Waals surface area contributed by atoms with E-state index in [1.165, 1.54) is 0 Å². The molecule has 0 radical (unpaired) electrons. The van der Waals surface area contributed by atoms with E-state index in [-0.39, 0.29) is 18.0 Å². The first kappa shape index (κ1) is 10.4. The van der Waals surface area contributed by atoms with Crippen molar-refractivity contribution in [3.05, 3.63) is 0 Å². The van der Waals surface area contributed by atoms with Crippen LogP contribution in [0.3, 0.4) is 0 Å². The standard InChI is InChI=1S/C4H9NO2.H2O/c1-2-7-4(6)3-5;/h2-3,5H2,1H3;1H2. The predicted octanol–water partition coefficient (Wildman–Crippen LogP) is -1.32. The molecule has 0 atom stereocenters. The van der Waals surface area contributed by atoms with Gasteiger partial charge in [-0.25, -0.2) is 0 Å². The molecule has 4 N–H and O–H groups in total. The van der Waals surface area contributed by atoms with E-state index in [0.29, 0.717) is 6.61 Å². The Hall–Kier alpha value is -0.610.